The molecule has 1 aliphatic carbocycles. The number of ether oxygens (including phenoxy) is 1. The number of morpholine rings is 1. The first-order valence-corrected chi connectivity index (χ1v) is 41.2. The van der Waals surface area contributed by atoms with Gasteiger partial charge in [0.1, 0.15) is 17.0 Å². The number of anilines is 2. The van der Waals surface area contributed by atoms with Crippen LogP contribution in [0, 0.1) is 17.8 Å². The molecule has 106 heavy (non-hydrogen) atoms. The minimum Gasteiger partial charge on any atom is -0.391 e. The smallest absolute Gasteiger partial charge is 0.391 e. The van der Waals surface area contributed by atoms with Gasteiger partial charge in [-0.05, 0) is 152 Å². The van der Waals surface area contributed by atoms with Crippen molar-refractivity contribution in [3.05, 3.63) is 160 Å². The van der Waals surface area contributed by atoms with Crippen LogP contribution in [0.4, 0.5) is 24.5 Å². The van der Waals surface area contributed by atoms with Gasteiger partial charge in [-0.1, -0.05) is 106 Å². The maximum atomic E-state index is 14.4. The average Bonchev–Trinajstić information content (AvgIpc) is 1.51. The maximum absolute atomic E-state index is 14.4. The SMILES string of the molecule is Cc1ncsc1-c1ccc([C@H](C)NC(=O)[C@@H]2C[C@@H](O)CN2C(=O)[C@@H](NC(=O)CCCCCC(=O)NCC2(C)CCC(c3ccc(Cl)cc3)=C(CN3CCN(c4ccc(C(=O)NS(=O)(=O)c5ccc(N[C@H](CCN6CCOCC6)CSc6ccccc6)c(S(=O)(=O)C(F)(F)F)c5)cc4)CC3)C2)C(C)(C)C)cc1. The highest BCUT2D eigenvalue weighted by molar-refractivity contribution is 7.99. The second kappa shape index (κ2) is 35.7. The molecule has 572 valence electrons. The summed E-state index contributed by atoms with van der Waals surface area (Å²) in [6.45, 7) is 18.1. The number of hydrogen-bond donors (Lipinski definition) is 6. The Morgan fingerprint density at radius 2 is 1.48 bits per heavy atom. The first-order chi connectivity index (χ1) is 50.3. The molecule has 5 amide bonds. The summed E-state index contributed by atoms with van der Waals surface area (Å²) in [4.78, 5) is 81.0. The number of carbonyl (C=O) groups is 5. The number of thiazole rings is 1. The number of likely N-dealkylation sites (tertiary alicyclic amines) is 1. The van der Waals surface area contributed by atoms with Crippen molar-refractivity contribution in [2.24, 2.45) is 10.8 Å². The second-order valence-electron chi connectivity index (χ2n) is 29.4. The van der Waals surface area contributed by atoms with E-state index in [0.29, 0.717) is 115 Å². The second-order valence-corrected chi connectivity index (χ2v) is 35.3. The third-order valence-electron chi connectivity index (χ3n) is 20.1. The number of amides is 5. The third-order valence-corrected chi connectivity index (χ3v) is 25.4. The Kier molecular flexibility index (Phi) is 27.4. The molecule has 3 fully saturated rings. The first-order valence-electron chi connectivity index (χ1n) is 36.0. The fourth-order valence-corrected chi connectivity index (χ4v) is 17.9. The van der Waals surface area contributed by atoms with Gasteiger partial charge in [0.2, 0.25) is 23.6 Å². The number of rotatable bonds is 30. The lowest BCUT2D eigenvalue weighted by Crippen LogP contribution is -2.57. The van der Waals surface area contributed by atoms with Gasteiger partial charge in [-0.15, -0.1) is 23.1 Å². The van der Waals surface area contributed by atoms with Gasteiger partial charge >= 0.3 is 5.51 Å². The number of sulfone groups is 1. The van der Waals surface area contributed by atoms with Crippen molar-refractivity contribution in [3.8, 4) is 10.4 Å². The number of nitrogens with one attached hydrogen (secondary N) is 5. The molecule has 6 N–H and O–H groups in total. The molecule has 6 atom stereocenters. The highest BCUT2D eigenvalue weighted by atomic mass is 35.5. The van der Waals surface area contributed by atoms with Crippen LogP contribution in [0.25, 0.3) is 16.0 Å². The fourth-order valence-electron chi connectivity index (χ4n) is 13.9. The van der Waals surface area contributed by atoms with Crippen LogP contribution >= 0.6 is 34.7 Å². The van der Waals surface area contributed by atoms with Crippen LogP contribution in [0.15, 0.2) is 147 Å². The van der Waals surface area contributed by atoms with E-state index in [1.807, 2.05) is 118 Å². The Hall–Kier alpha value is -7.41. The van der Waals surface area contributed by atoms with E-state index < -0.39 is 88.2 Å². The van der Waals surface area contributed by atoms with Crippen LogP contribution in [0.5, 0.6) is 0 Å². The van der Waals surface area contributed by atoms with Crippen molar-refractivity contribution in [1.82, 2.24) is 40.4 Å². The van der Waals surface area contributed by atoms with Crippen LogP contribution in [-0.2, 0) is 43.8 Å². The third kappa shape index (κ3) is 21.5. The quantitative estimate of drug-likeness (QED) is 0.0181. The number of aryl methyl sites for hydroxylation is 1. The number of halogens is 4. The fraction of sp³-hybridized carbons (Fsp3) is 0.481. The molecule has 21 nitrogen and oxygen atoms in total. The minimum absolute atomic E-state index is 0.0432. The molecule has 0 saturated carbocycles. The number of nitrogens with zero attached hydrogens (tertiary/aromatic N) is 5. The van der Waals surface area contributed by atoms with Crippen molar-refractivity contribution in [1.29, 1.82) is 0 Å². The number of aliphatic hydroxyl groups excluding tert-OH is 1. The summed E-state index contributed by atoms with van der Waals surface area (Å²) in [7, 11) is -11.0. The number of hydrogen-bond acceptors (Lipinski definition) is 18. The molecule has 10 rings (SSSR count). The van der Waals surface area contributed by atoms with Gasteiger partial charge in [-0.3, -0.25) is 33.8 Å². The molecule has 4 aliphatic rings. The van der Waals surface area contributed by atoms with Gasteiger partial charge in [0.25, 0.3) is 25.8 Å². The zero-order valence-corrected chi connectivity index (χ0v) is 64.7. The summed E-state index contributed by atoms with van der Waals surface area (Å²) in [6, 6.07) is 30.8. The standard InChI is InChI=1S/C77H96ClF3N10O11S4/c1-51(53-17-19-55(20-18-53)70-52(2)83-50-104-70)84-73(96)66-43-61(92)47-91(66)74(97)71(75(3,4)5)86-69(94)16-12-8-11-15-68(93)82-49-76(6)33-31-64(54-21-25-58(78)26-22-54)57(45-76)46-89-35-37-90(38-36-89)60-27-23-56(24-28-60)72(95)87-106(100,101)63-29-30-65(67(44-63)105(98,99)77(79,80)81)85-59(32-34-88-39-41-102-42-40-88)48-103-62-13-9-7-10-14-62/h7,9-10,13-14,17-30,44,50-51,59,61,66,71,85,92H,8,11-12,15-16,31-43,45-49H2,1-6H3,(H,82,93)(H,84,96)(H,86,94)(H,87,95)/t51-,59+,61+,66-,71+,76?/m0/s1. The molecule has 0 radical (unpaired) electrons. The normalized spacial score (nSPS) is 19.5. The van der Waals surface area contributed by atoms with E-state index in [1.54, 1.807) is 29.0 Å². The monoisotopic (exact) mass is 1560 g/mol. The van der Waals surface area contributed by atoms with Gasteiger partial charge in [0.15, 0.2) is 0 Å². The van der Waals surface area contributed by atoms with E-state index >= 15 is 0 Å². The summed E-state index contributed by atoms with van der Waals surface area (Å²) in [6.07, 6.45) is 3.95. The van der Waals surface area contributed by atoms with E-state index in [-0.39, 0.29) is 54.6 Å². The van der Waals surface area contributed by atoms with E-state index in [0.717, 1.165) is 69.2 Å². The van der Waals surface area contributed by atoms with Crippen molar-refractivity contribution in [3.63, 3.8) is 0 Å². The summed E-state index contributed by atoms with van der Waals surface area (Å²) < 4.78 is 105. The lowest BCUT2D eigenvalue weighted by Gasteiger charge is -2.41. The van der Waals surface area contributed by atoms with Crippen molar-refractivity contribution >= 4 is 101 Å². The lowest BCUT2D eigenvalue weighted by atomic mass is 9.71. The molecular formula is C77H96ClF3N10O11S4. The first kappa shape index (κ1) is 81.1. The number of aromatic nitrogens is 1. The summed E-state index contributed by atoms with van der Waals surface area (Å²) in [5.74, 6) is -1.98. The zero-order valence-electron chi connectivity index (χ0n) is 60.7. The summed E-state index contributed by atoms with van der Waals surface area (Å²) in [5.41, 5.74) is 1.74. The molecule has 29 heteroatoms. The molecule has 5 aromatic carbocycles. The molecule has 4 heterocycles. The predicted molar refractivity (Wildman–Crippen MR) is 409 cm³/mol. The lowest BCUT2D eigenvalue weighted by molar-refractivity contribution is -0.144. The summed E-state index contributed by atoms with van der Waals surface area (Å²) >= 11 is 9.34. The Labute approximate surface area is 633 Å². The van der Waals surface area contributed by atoms with Gasteiger partial charge in [-0.25, -0.2) is 26.5 Å². The molecule has 0 bridgehead atoms. The molecule has 1 aromatic heterocycles. The van der Waals surface area contributed by atoms with Gasteiger partial charge in [0, 0.05) is 118 Å². The van der Waals surface area contributed by atoms with Crippen molar-refractivity contribution in [2.45, 2.75) is 156 Å². The largest absolute Gasteiger partial charge is 0.501 e. The van der Waals surface area contributed by atoms with E-state index in [1.165, 1.54) is 39.9 Å². The number of carbonyl (C=O) groups excluding carboxylic acids is 5. The number of piperazine rings is 1. The van der Waals surface area contributed by atoms with Gasteiger partial charge in [0.05, 0.1) is 52.0 Å². The molecule has 3 saturated heterocycles. The molecule has 6 aromatic rings. The minimum atomic E-state index is -6.12. The molecule has 1 unspecified atom stereocenters. The van der Waals surface area contributed by atoms with Crippen LogP contribution in [0.3, 0.4) is 0 Å². The molecular weight excluding hydrogens is 1460 g/mol. The highest BCUT2D eigenvalue weighted by Gasteiger charge is 2.49. The Balaban J connectivity index is 0.687. The van der Waals surface area contributed by atoms with E-state index in [9.17, 15) is 59.1 Å². The molecule has 0 spiro atoms. The van der Waals surface area contributed by atoms with Crippen LogP contribution < -0.4 is 30.9 Å². The maximum Gasteiger partial charge on any atom is 0.501 e. The number of β-amino-alcohol motifs (C(OH)–C–C–N with tert-alkyl or cyclic N) is 1. The van der Waals surface area contributed by atoms with Crippen LogP contribution in [-0.4, -0.2) is 185 Å². The number of thioether (sulfide) groups is 1. The highest BCUT2D eigenvalue weighted by Crippen LogP contribution is 2.44. The zero-order chi connectivity index (χ0) is 76.1. The Bertz CT molecular complexity index is 4310. The van der Waals surface area contributed by atoms with Crippen molar-refractivity contribution < 1.29 is 63.8 Å². The van der Waals surface area contributed by atoms with E-state index in [4.69, 9.17) is 16.3 Å². The predicted octanol–water partition coefficient (Wildman–Crippen LogP) is 11.7. The van der Waals surface area contributed by atoms with Gasteiger partial charge in [-0.2, -0.15) is 13.2 Å². The van der Waals surface area contributed by atoms with Crippen LogP contribution in [0.1, 0.15) is 132 Å². The van der Waals surface area contributed by atoms with E-state index in [2.05, 4.69) is 47.9 Å². The Morgan fingerprint density at radius 3 is 2.13 bits per heavy atom. The number of aliphatic hydroxyl groups is 1. The number of alkyl halides is 3. The summed E-state index contributed by atoms with van der Waals surface area (Å²) in [5, 5.41) is 23.6. The van der Waals surface area contributed by atoms with Gasteiger partial charge < -0.3 is 40.9 Å². The number of unbranched alkanes of at least 4 members (excludes halogenated alkanes) is 2. The number of sulfonamides is 1. The topological polar surface area (TPSA) is 269 Å². The molecule has 3 aliphatic heterocycles. The average molecular weight is 1560 g/mol. The number of benzene rings is 5. The Morgan fingerprint density at radius 1 is 0.811 bits per heavy atom. The van der Waals surface area contributed by atoms with Crippen LogP contribution in [0.2, 0.25) is 5.02 Å². The van der Waals surface area contributed by atoms with Crippen molar-refractivity contribution in [2.75, 3.05) is 94.6 Å². The number of allylic oxidation sites excluding steroid dienone is 1.